The van der Waals surface area contributed by atoms with Crippen molar-refractivity contribution >= 4 is 10.9 Å². The van der Waals surface area contributed by atoms with Gasteiger partial charge in [0.25, 0.3) is 0 Å². The SMILES string of the molecule is N#Cc1ccc2ccn(Cc3ccoc3)c2c1. The molecule has 0 saturated carbocycles. The second kappa shape index (κ2) is 3.84. The van der Waals surface area contributed by atoms with Crippen LogP contribution < -0.4 is 0 Å². The summed E-state index contributed by atoms with van der Waals surface area (Å²) in [6.45, 7) is 0.759. The van der Waals surface area contributed by atoms with E-state index in [-0.39, 0.29) is 0 Å². The fraction of sp³-hybridized carbons (Fsp3) is 0.0714. The maximum Gasteiger partial charge on any atom is 0.0992 e. The molecule has 0 atom stereocenters. The predicted octanol–water partition coefficient (Wildman–Crippen LogP) is 3.15. The van der Waals surface area contributed by atoms with E-state index in [0.717, 1.165) is 23.0 Å². The molecular formula is C14H10N2O. The Morgan fingerprint density at radius 1 is 1.24 bits per heavy atom. The largest absolute Gasteiger partial charge is 0.472 e. The molecule has 0 aliphatic heterocycles. The lowest BCUT2D eigenvalue weighted by molar-refractivity contribution is 0.562. The molecule has 0 fully saturated rings. The highest BCUT2D eigenvalue weighted by atomic mass is 16.3. The lowest BCUT2D eigenvalue weighted by Gasteiger charge is -2.03. The van der Waals surface area contributed by atoms with Crippen LogP contribution in [0, 0.1) is 11.3 Å². The van der Waals surface area contributed by atoms with Gasteiger partial charge in [-0.25, -0.2) is 0 Å². The first-order valence-corrected chi connectivity index (χ1v) is 5.37. The van der Waals surface area contributed by atoms with E-state index >= 15 is 0 Å². The van der Waals surface area contributed by atoms with Crippen molar-refractivity contribution < 1.29 is 4.42 Å². The molecule has 0 spiro atoms. The predicted molar refractivity (Wildman–Crippen MR) is 64.5 cm³/mol. The van der Waals surface area contributed by atoms with Crippen LogP contribution in [0.4, 0.5) is 0 Å². The molecule has 0 unspecified atom stereocenters. The molecule has 3 heteroatoms. The summed E-state index contributed by atoms with van der Waals surface area (Å²) in [6, 6.07) is 11.9. The molecule has 82 valence electrons. The number of nitrogens with zero attached hydrogens (tertiary/aromatic N) is 2. The van der Waals surface area contributed by atoms with Gasteiger partial charge in [0.05, 0.1) is 30.7 Å². The van der Waals surface area contributed by atoms with Crippen LogP contribution in [0.25, 0.3) is 10.9 Å². The van der Waals surface area contributed by atoms with Crippen molar-refractivity contribution in [1.29, 1.82) is 5.26 Å². The Morgan fingerprint density at radius 2 is 2.18 bits per heavy atom. The maximum absolute atomic E-state index is 8.91. The average Bonchev–Trinajstić information content (AvgIpc) is 2.99. The maximum atomic E-state index is 8.91. The normalized spacial score (nSPS) is 10.5. The first-order valence-electron chi connectivity index (χ1n) is 5.37. The zero-order valence-corrected chi connectivity index (χ0v) is 9.13. The van der Waals surface area contributed by atoms with E-state index in [4.69, 9.17) is 9.68 Å². The molecule has 0 amide bonds. The van der Waals surface area contributed by atoms with Gasteiger partial charge >= 0.3 is 0 Å². The fourth-order valence-corrected chi connectivity index (χ4v) is 1.97. The van der Waals surface area contributed by atoms with Crippen LogP contribution in [-0.4, -0.2) is 4.57 Å². The van der Waals surface area contributed by atoms with Gasteiger partial charge in [-0.2, -0.15) is 5.26 Å². The zero-order valence-electron chi connectivity index (χ0n) is 9.13. The Kier molecular flexibility index (Phi) is 2.20. The van der Waals surface area contributed by atoms with Crippen LogP contribution in [0.1, 0.15) is 11.1 Å². The molecule has 17 heavy (non-hydrogen) atoms. The molecule has 2 aromatic heterocycles. The minimum atomic E-state index is 0.685. The monoisotopic (exact) mass is 222 g/mol. The third-order valence-electron chi connectivity index (χ3n) is 2.84. The zero-order chi connectivity index (χ0) is 11.7. The summed E-state index contributed by atoms with van der Waals surface area (Å²) in [5.74, 6) is 0. The van der Waals surface area contributed by atoms with Crippen molar-refractivity contribution in [3.05, 3.63) is 60.2 Å². The summed E-state index contributed by atoms with van der Waals surface area (Å²) >= 11 is 0. The molecule has 3 rings (SSSR count). The van der Waals surface area contributed by atoms with Crippen LogP contribution in [0.5, 0.6) is 0 Å². The molecule has 3 aromatic rings. The lowest BCUT2D eigenvalue weighted by atomic mass is 10.2. The Hall–Kier alpha value is -2.47. The quantitative estimate of drug-likeness (QED) is 0.668. The van der Waals surface area contributed by atoms with Gasteiger partial charge in [0.2, 0.25) is 0 Å². The molecule has 2 heterocycles. The van der Waals surface area contributed by atoms with Crippen molar-refractivity contribution in [3.8, 4) is 6.07 Å². The number of hydrogen-bond acceptors (Lipinski definition) is 2. The standard InChI is InChI=1S/C14H10N2O/c15-8-11-1-2-13-3-5-16(14(13)7-11)9-12-4-6-17-10-12/h1-7,10H,9H2. The van der Waals surface area contributed by atoms with Crippen molar-refractivity contribution in [3.63, 3.8) is 0 Å². The summed E-state index contributed by atoms with van der Waals surface area (Å²) < 4.78 is 7.17. The summed E-state index contributed by atoms with van der Waals surface area (Å²) in [5, 5.41) is 10.1. The van der Waals surface area contributed by atoms with Gasteiger partial charge in [-0.1, -0.05) is 6.07 Å². The smallest absolute Gasteiger partial charge is 0.0992 e. The van der Waals surface area contributed by atoms with Gasteiger partial charge in [-0.05, 0) is 29.7 Å². The topological polar surface area (TPSA) is 41.9 Å². The second-order valence-electron chi connectivity index (χ2n) is 3.96. The molecule has 0 bridgehead atoms. The van der Waals surface area contributed by atoms with Crippen LogP contribution in [-0.2, 0) is 6.54 Å². The van der Waals surface area contributed by atoms with E-state index in [2.05, 4.69) is 16.7 Å². The van der Waals surface area contributed by atoms with Crippen LogP contribution in [0.15, 0.2) is 53.5 Å². The Balaban J connectivity index is 2.08. The highest BCUT2D eigenvalue weighted by Gasteiger charge is 2.03. The summed E-state index contributed by atoms with van der Waals surface area (Å²) in [7, 11) is 0. The molecule has 0 aliphatic carbocycles. The Morgan fingerprint density at radius 3 is 2.94 bits per heavy atom. The lowest BCUT2D eigenvalue weighted by Crippen LogP contribution is -1.96. The van der Waals surface area contributed by atoms with Gasteiger partial charge in [-0.15, -0.1) is 0 Å². The highest BCUT2D eigenvalue weighted by molar-refractivity contribution is 5.81. The summed E-state index contributed by atoms with van der Waals surface area (Å²) in [6.07, 6.45) is 5.43. The molecule has 0 N–H and O–H groups in total. The van der Waals surface area contributed by atoms with Gasteiger partial charge < -0.3 is 8.98 Å². The molecule has 0 aliphatic rings. The third-order valence-corrected chi connectivity index (χ3v) is 2.84. The number of aromatic nitrogens is 1. The van der Waals surface area contributed by atoms with E-state index in [0.29, 0.717) is 5.56 Å². The Labute approximate surface area is 98.5 Å². The second-order valence-corrected chi connectivity index (χ2v) is 3.96. The van der Waals surface area contributed by atoms with Crippen molar-refractivity contribution in [2.24, 2.45) is 0 Å². The van der Waals surface area contributed by atoms with Crippen molar-refractivity contribution in [2.75, 3.05) is 0 Å². The number of hydrogen-bond donors (Lipinski definition) is 0. The molecule has 0 radical (unpaired) electrons. The molecule has 1 aromatic carbocycles. The van der Waals surface area contributed by atoms with Crippen LogP contribution in [0.2, 0.25) is 0 Å². The number of nitriles is 1. The fourth-order valence-electron chi connectivity index (χ4n) is 1.97. The van der Waals surface area contributed by atoms with Gasteiger partial charge in [0.15, 0.2) is 0 Å². The van der Waals surface area contributed by atoms with Gasteiger partial charge in [-0.3, -0.25) is 0 Å². The third kappa shape index (κ3) is 1.70. The minimum Gasteiger partial charge on any atom is -0.472 e. The van der Waals surface area contributed by atoms with Crippen molar-refractivity contribution in [1.82, 2.24) is 4.57 Å². The summed E-state index contributed by atoms with van der Waals surface area (Å²) in [5.41, 5.74) is 2.87. The molecule has 3 nitrogen and oxygen atoms in total. The first kappa shape index (κ1) is 9.73. The van der Waals surface area contributed by atoms with Gasteiger partial charge in [0, 0.05) is 17.3 Å². The molecular weight excluding hydrogens is 212 g/mol. The number of benzene rings is 1. The number of fused-ring (bicyclic) bond motifs is 1. The van der Waals surface area contributed by atoms with E-state index in [9.17, 15) is 0 Å². The number of rotatable bonds is 2. The number of furan rings is 1. The minimum absolute atomic E-state index is 0.685. The Bertz CT molecular complexity index is 687. The first-order chi connectivity index (χ1) is 8.36. The van der Waals surface area contributed by atoms with E-state index in [1.54, 1.807) is 12.5 Å². The van der Waals surface area contributed by atoms with Gasteiger partial charge in [0.1, 0.15) is 0 Å². The van der Waals surface area contributed by atoms with E-state index < -0.39 is 0 Å². The van der Waals surface area contributed by atoms with E-state index in [1.807, 2.05) is 30.5 Å². The van der Waals surface area contributed by atoms with Crippen LogP contribution in [0.3, 0.4) is 0 Å². The van der Waals surface area contributed by atoms with E-state index in [1.165, 1.54) is 0 Å². The highest BCUT2D eigenvalue weighted by Crippen LogP contribution is 2.18. The molecule has 0 saturated heterocycles. The average molecular weight is 222 g/mol. The van der Waals surface area contributed by atoms with Crippen LogP contribution >= 0.6 is 0 Å². The van der Waals surface area contributed by atoms with Crippen molar-refractivity contribution in [2.45, 2.75) is 6.54 Å². The summed E-state index contributed by atoms with van der Waals surface area (Å²) in [4.78, 5) is 0.